The second kappa shape index (κ2) is 8.10. The minimum absolute atomic E-state index is 0.143. The first-order valence-corrected chi connectivity index (χ1v) is 4.82. The Morgan fingerprint density at radius 3 is 2.62 bits per heavy atom. The molecule has 0 radical (unpaired) electrons. The highest BCUT2D eigenvalue weighted by Gasteiger charge is 2.14. The lowest BCUT2D eigenvalue weighted by atomic mass is 10.0. The molecule has 2 atom stereocenters. The van der Waals surface area contributed by atoms with Crippen molar-refractivity contribution < 1.29 is 9.47 Å². The molecule has 0 fully saturated rings. The van der Waals surface area contributed by atoms with Gasteiger partial charge < -0.3 is 9.47 Å². The molecule has 2 heteroatoms. The van der Waals surface area contributed by atoms with Crippen LogP contribution in [-0.4, -0.2) is 20.0 Å². The molecule has 0 aliphatic heterocycles. The van der Waals surface area contributed by atoms with E-state index in [1.165, 1.54) is 6.42 Å². The Bertz CT molecular complexity index is 141. The van der Waals surface area contributed by atoms with Crippen LogP contribution in [0.15, 0.2) is 0 Å². The van der Waals surface area contributed by atoms with Crippen LogP contribution in [0.4, 0.5) is 0 Å². The fourth-order valence-corrected chi connectivity index (χ4v) is 1.15. The molecule has 2 nitrogen and oxygen atoms in total. The van der Waals surface area contributed by atoms with E-state index in [4.69, 9.17) is 15.9 Å². The lowest BCUT2D eigenvalue weighted by Gasteiger charge is -2.19. The fourth-order valence-electron chi connectivity index (χ4n) is 1.15. The van der Waals surface area contributed by atoms with Gasteiger partial charge in [-0.2, -0.15) is 0 Å². The largest absolute Gasteiger partial charge is 0.359 e. The summed E-state index contributed by atoms with van der Waals surface area (Å²) in [5.74, 6) is 2.87. The minimum Gasteiger partial charge on any atom is -0.359 e. The molecule has 0 bridgehead atoms. The highest BCUT2D eigenvalue weighted by Crippen LogP contribution is 2.13. The number of rotatable bonds is 7. The summed E-state index contributed by atoms with van der Waals surface area (Å²) in [6.45, 7) is 4.50. The van der Waals surface area contributed by atoms with Gasteiger partial charge in [0.15, 0.2) is 0 Å². The molecule has 0 rings (SSSR count). The summed E-state index contributed by atoms with van der Waals surface area (Å²) in [5, 5.41) is 0. The van der Waals surface area contributed by atoms with Gasteiger partial charge in [-0.1, -0.05) is 19.8 Å². The molecule has 0 heterocycles. The number of ether oxygens (including phenoxy) is 2. The summed E-state index contributed by atoms with van der Waals surface area (Å²) >= 11 is 0. The topological polar surface area (TPSA) is 18.5 Å². The third-order valence-corrected chi connectivity index (χ3v) is 2.06. The predicted octanol–water partition coefficient (Wildman–Crippen LogP) is 2.44. The van der Waals surface area contributed by atoms with Gasteiger partial charge in [-0.3, -0.25) is 0 Å². The van der Waals surface area contributed by atoms with Gasteiger partial charge in [0.05, 0.1) is 6.10 Å². The highest BCUT2D eigenvalue weighted by atomic mass is 16.7. The molecule has 0 aromatic carbocycles. The average molecular weight is 184 g/mol. The standard InChI is InChI=1S/C11H20O2/c1-5-7-8-11(10(3)6-2)13-9-12-4/h2,10-11H,5,7-9H2,1,3-4H3/t10-,11+/m0/s1. The van der Waals surface area contributed by atoms with Gasteiger partial charge in [-0.05, 0) is 13.3 Å². The van der Waals surface area contributed by atoms with Crippen molar-refractivity contribution >= 4 is 0 Å². The van der Waals surface area contributed by atoms with Gasteiger partial charge in [-0.15, -0.1) is 12.3 Å². The molecule has 0 aliphatic rings. The number of unbranched alkanes of at least 4 members (excludes halogenated alkanes) is 1. The molecule has 0 aromatic heterocycles. The van der Waals surface area contributed by atoms with Crippen molar-refractivity contribution in [2.45, 2.75) is 39.2 Å². The van der Waals surface area contributed by atoms with Crippen molar-refractivity contribution in [3.05, 3.63) is 0 Å². The molecule has 0 saturated heterocycles. The van der Waals surface area contributed by atoms with E-state index in [9.17, 15) is 0 Å². The van der Waals surface area contributed by atoms with Crippen molar-refractivity contribution in [1.82, 2.24) is 0 Å². The van der Waals surface area contributed by atoms with Crippen molar-refractivity contribution in [2.75, 3.05) is 13.9 Å². The minimum atomic E-state index is 0.143. The molecule has 0 aromatic rings. The maximum atomic E-state index is 5.48. The Kier molecular flexibility index (Phi) is 7.77. The summed E-state index contributed by atoms with van der Waals surface area (Å²) in [5.41, 5.74) is 0. The maximum absolute atomic E-state index is 5.48. The van der Waals surface area contributed by atoms with Gasteiger partial charge in [0.1, 0.15) is 6.79 Å². The molecule has 0 amide bonds. The zero-order valence-corrected chi connectivity index (χ0v) is 8.88. The molecular formula is C11H20O2. The smallest absolute Gasteiger partial charge is 0.146 e. The zero-order valence-electron chi connectivity index (χ0n) is 8.88. The third kappa shape index (κ3) is 5.68. The van der Waals surface area contributed by atoms with Gasteiger partial charge in [-0.25, -0.2) is 0 Å². The molecular weight excluding hydrogens is 164 g/mol. The monoisotopic (exact) mass is 184 g/mol. The second-order valence-electron chi connectivity index (χ2n) is 3.21. The summed E-state index contributed by atoms with van der Waals surface area (Å²) in [7, 11) is 1.62. The Labute approximate surface area is 81.6 Å². The van der Waals surface area contributed by atoms with Gasteiger partial charge in [0.2, 0.25) is 0 Å². The van der Waals surface area contributed by atoms with Crippen LogP contribution >= 0.6 is 0 Å². The van der Waals surface area contributed by atoms with Gasteiger partial charge in [0.25, 0.3) is 0 Å². The Morgan fingerprint density at radius 1 is 1.46 bits per heavy atom. The van der Waals surface area contributed by atoms with Crippen molar-refractivity contribution in [2.24, 2.45) is 5.92 Å². The number of hydrogen-bond acceptors (Lipinski definition) is 2. The summed E-state index contributed by atoms with van der Waals surface area (Å²) in [6, 6.07) is 0. The normalized spacial score (nSPS) is 14.9. The summed E-state index contributed by atoms with van der Waals surface area (Å²) in [4.78, 5) is 0. The highest BCUT2D eigenvalue weighted by molar-refractivity contribution is 4.94. The van der Waals surface area contributed by atoms with Crippen LogP contribution in [0.2, 0.25) is 0 Å². The lowest BCUT2D eigenvalue weighted by Crippen LogP contribution is -2.21. The first kappa shape index (κ1) is 12.5. The number of hydrogen-bond donors (Lipinski definition) is 0. The van der Waals surface area contributed by atoms with E-state index in [-0.39, 0.29) is 12.0 Å². The molecule has 0 N–H and O–H groups in total. The van der Waals surface area contributed by atoms with Crippen molar-refractivity contribution in [1.29, 1.82) is 0 Å². The Morgan fingerprint density at radius 2 is 2.15 bits per heavy atom. The van der Waals surface area contributed by atoms with Crippen LogP contribution in [0.3, 0.4) is 0 Å². The molecule has 0 unspecified atom stereocenters. The fraction of sp³-hybridized carbons (Fsp3) is 0.818. The Balaban J connectivity index is 3.81. The van der Waals surface area contributed by atoms with E-state index in [2.05, 4.69) is 12.8 Å². The quantitative estimate of drug-likeness (QED) is 0.447. The third-order valence-electron chi connectivity index (χ3n) is 2.06. The average Bonchev–Trinajstić information content (AvgIpc) is 2.17. The van der Waals surface area contributed by atoms with E-state index >= 15 is 0 Å². The molecule has 0 spiro atoms. The molecule has 0 aliphatic carbocycles. The van der Waals surface area contributed by atoms with E-state index in [1.807, 2.05) is 6.92 Å². The van der Waals surface area contributed by atoms with E-state index < -0.39 is 0 Å². The first-order valence-electron chi connectivity index (χ1n) is 4.82. The number of terminal acetylenes is 1. The van der Waals surface area contributed by atoms with Crippen LogP contribution in [0.1, 0.15) is 33.1 Å². The SMILES string of the molecule is C#C[C@H](C)[C@@H](CCCC)OCOC. The maximum Gasteiger partial charge on any atom is 0.146 e. The van der Waals surface area contributed by atoms with Crippen LogP contribution in [0.25, 0.3) is 0 Å². The predicted molar refractivity (Wildman–Crippen MR) is 54.3 cm³/mol. The summed E-state index contributed by atoms with van der Waals surface area (Å²) in [6.07, 6.45) is 8.83. The van der Waals surface area contributed by atoms with Crippen molar-refractivity contribution in [3.63, 3.8) is 0 Å². The van der Waals surface area contributed by atoms with E-state index in [0.29, 0.717) is 6.79 Å². The number of methoxy groups -OCH3 is 1. The van der Waals surface area contributed by atoms with Gasteiger partial charge in [0, 0.05) is 13.0 Å². The zero-order chi connectivity index (χ0) is 10.1. The van der Waals surface area contributed by atoms with Crippen LogP contribution < -0.4 is 0 Å². The van der Waals surface area contributed by atoms with E-state index in [1.54, 1.807) is 7.11 Å². The van der Waals surface area contributed by atoms with Gasteiger partial charge >= 0.3 is 0 Å². The summed E-state index contributed by atoms with van der Waals surface area (Å²) < 4.78 is 10.3. The molecule has 76 valence electrons. The second-order valence-corrected chi connectivity index (χ2v) is 3.21. The van der Waals surface area contributed by atoms with Crippen LogP contribution in [-0.2, 0) is 9.47 Å². The molecule has 0 saturated carbocycles. The first-order chi connectivity index (χ1) is 6.26. The van der Waals surface area contributed by atoms with Crippen LogP contribution in [0, 0.1) is 18.3 Å². The van der Waals surface area contributed by atoms with Crippen LogP contribution in [0.5, 0.6) is 0 Å². The van der Waals surface area contributed by atoms with E-state index in [0.717, 1.165) is 12.8 Å². The lowest BCUT2D eigenvalue weighted by molar-refractivity contribution is -0.0847. The molecule has 13 heavy (non-hydrogen) atoms. The Hall–Kier alpha value is -0.520. The van der Waals surface area contributed by atoms with Crippen molar-refractivity contribution in [3.8, 4) is 12.3 Å².